The molecule has 0 aliphatic rings. The highest BCUT2D eigenvalue weighted by molar-refractivity contribution is 5.63. The predicted octanol–water partition coefficient (Wildman–Crippen LogP) is 7.60. The summed E-state index contributed by atoms with van der Waals surface area (Å²) < 4.78 is 0. The van der Waals surface area contributed by atoms with Crippen LogP contribution in [0.25, 0.3) is 11.1 Å². The number of benzene rings is 2. The van der Waals surface area contributed by atoms with Crippen molar-refractivity contribution in [3.8, 4) is 11.1 Å². The van der Waals surface area contributed by atoms with Gasteiger partial charge in [0.25, 0.3) is 0 Å². The maximum atomic E-state index is 2.36. The average molecular weight is 309 g/mol. The van der Waals surface area contributed by atoms with Crippen molar-refractivity contribution in [1.82, 2.24) is 0 Å². The fourth-order valence-electron chi connectivity index (χ4n) is 3.40. The smallest absolute Gasteiger partial charge is 0.0162 e. The van der Waals surface area contributed by atoms with Gasteiger partial charge in [-0.2, -0.15) is 0 Å². The molecule has 0 aliphatic carbocycles. The molecule has 1 unspecified atom stereocenters. The Hall–Kier alpha value is -1.56. The highest BCUT2D eigenvalue weighted by atomic mass is 14.2. The van der Waals surface area contributed by atoms with Crippen molar-refractivity contribution in [3.63, 3.8) is 0 Å². The second-order valence-corrected chi connectivity index (χ2v) is 6.68. The minimum absolute atomic E-state index is 0.742. The van der Waals surface area contributed by atoms with Crippen molar-refractivity contribution >= 4 is 0 Å². The number of rotatable bonds is 10. The minimum atomic E-state index is 0.742. The Morgan fingerprint density at radius 2 is 1.26 bits per heavy atom. The number of unbranched alkanes of at least 4 members (excludes halogenated alkanes) is 4. The first-order valence-electron chi connectivity index (χ1n) is 9.50. The highest BCUT2D eigenvalue weighted by Crippen LogP contribution is 2.29. The second kappa shape index (κ2) is 10.3. The largest absolute Gasteiger partial charge is 0.0654 e. The third-order valence-electron chi connectivity index (χ3n) is 4.78. The van der Waals surface area contributed by atoms with E-state index in [0.717, 1.165) is 5.92 Å². The molecule has 0 fully saturated rings. The van der Waals surface area contributed by atoms with E-state index in [1.807, 2.05) is 0 Å². The first-order valence-corrected chi connectivity index (χ1v) is 9.50. The van der Waals surface area contributed by atoms with E-state index < -0.39 is 0 Å². The summed E-state index contributed by atoms with van der Waals surface area (Å²) in [6.07, 6.45) is 10.9. The van der Waals surface area contributed by atoms with Crippen LogP contribution in [0.3, 0.4) is 0 Å². The van der Waals surface area contributed by atoms with Gasteiger partial charge in [-0.25, -0.2) is 0 Å². The topological polar surface area (TPSA) is 0 Å². The summed E-state index contributed by atoms with van der Waals surface area (Å²) in [6, 6.07) is 20.0. The highest BCUT2D eigenvalue weighted by Gasteiger charge is 2.10. The molecule has 0 saturated carbocycles. The fourth-order valence-corrected chi connectivity index (χ4v) is 3.40. The second-order valence-electron chi connectivity index (χ2n) is 6.68. The standard InChI is InChI=1S/C23H32/c1-3-5-6-7-9-13-20(12-4-2)22-16-18-23(19-17-22)21-14-10-8-11-15-21/h8,10-11,14-20H,3-7,9,12-13H2,1-2H3. The molecule has 0 spiro atoms. The molecule has 0 amide bonds. The summed E-state index contributed by atoms with van der Waals surface area (Å²) in [5.74, 6) is 0.742. The van der Waals surface area contributed by atoms with Crippen LogP contribution in [0.1, 0.15) is 76.7 Å². The van der Waals surface area contributed by atoms with Gasteiger partial charge in [-0.15, -0.1) is 0 Å². The van der Waals surface area contributed by atoms with E-state index in [9.17, 15) is 0 Å². The Kier molecular flexibility index (Phi) is 7.93. The van der Waals surface area contributed by atoms with Gasteiger partial charge in [-0.05, 0) is 35.4 Å². The first kappa shape index (κ1) is 17.8. The van der Waals surface area contributed by atoms with Gasteiger partial charge in [0.15, 0.2) is 0 Å². The summed E-state index contributed by atoms with van der Waals surface area (Å²) in [4.78, 5) is 0. The Labute approximate surface area is 143 Å². The zero-order valence-electron chi connectivity index (χ0n) is 14.9. The molecule has 0 aliphatic heterocycles. The third kappa shape index (κ3) is 5.86. The molecule has 0 saturated heterocycles. The SMILES string of the molecule is CCCCCCCC(CCC)c1ccc(-c2ccccc2)cc1. The van der Waals surface area contributed by atoms with Crippen LogP contribution in [0.5, 0.6) is 0 Å². The van der Waals surface area contributed by atoms with Crippen LogP contribution >= 0.6 is 0 Å². The number of hydrogen-bond donors (Lipinski definition) is 0. The van der Waals surface area contributed by atoms with E-state index in [-0.39, 0.29) is 0 Å². The lowest BCUT2D eigenvalue weighted by atomic mass is 9.88. The van der Waals surface area contributed by atoms with Crippen molar-refractivity contribution in [2.75, 3.05) is 0 Å². The minimum Gasteiger partial charge on any atom is -0.0654 e. The summed E-state index contributed by atoms with van der Waals surface area (Å²) in [5, 5.41) is 0. The van der Waals surface area contributed by atoms with Gasteiger partial charge in [0, 0.05) is 0 Å². The molecule has 0 nitrogen and oxygen atoms in total. The van der Waals surface area contributed by atoms with E-state index in [2.05, 4.69) is 68.4 Å². The van der Waals surface area contributed by atoms with Crippen LogP contribution in [0.15, 0.2) is 54.6 Å². The van der Waals surface area contributed by atoms with E-state index in [0.29, 0.717) is 0 Å². The Morgan fingerprint density at radius 1 is 0.609 bits per heavy atom. The zero-order chi connectivity index (χ0) is 16.3. The van der Waals surface area contributed by atoms with Crippen molar-refractivity contribution in [3.05, 3.63) is 60.2 Å². The lowest BCUT2D eigenvalue weighted by Crippen LogP contribution is -1.99. The van der Waals surface area contributed by atoms with Gasteiger partial charge in [-0.3, -0.25) is 0 Å². The van der Waals surface area contributed by atoms with E-state index in [4.69, 9.17) is 0 Å². The monoisotopic (exact) mass is 308 g/mol. The first-order chi connectivity index (χ1) is 11.3. The molecule has 124 valence electrons. The van der Waals surface area contributed by atoms with Crippen molar-refractivity contribution in [2.45, 2.75) is 71.1 Å². The van der Waals surface area contributed by atoms with Crippen molar-refractivity contribution in [1.29, 1.82) is 0 Å². The molecule has 23 heavy (non-hydrogen) atoms. The number of hydrogen-bond acceptors (Lipinski definition) is 0. The summed E-state index contributed by atoms with van der Waals surface area (Å²) in [6.45, 7) is 4.59. The Bertz CT molecular complexity index is 524. The average Bonchev–Trinajstić information content (AvgIpc) is 2.61. The van der Waals surface area contributed by atoms with Crippen molar-refractivity contribution in [2.24, 2.45) is 0 Å². The molecule has 0 heteroatoms. The Morgan fingerprint density at radius 3 is 1.91 bits per heavy atom. The van der Waals surface area contributed by atoms with Gasteiger partial charge < -0.3 is 0 Å². The molecule has 0 aromatic heterocycles. The van der Waals surface area contributed by atoms with Crippen LogP contribution in [-0.2, 0) is 0 Å². The maximum absolute atomic E-state index is 2.36. The van der Waals surface area contributed by atoms with Gasteiger partial charge in [0.1, 0.15) is 0 Å². The van der Waals surface area contributed by atoms with Crippen LogP contribution in [0, 0.1) is 0 Å². The van der Waals surface area contributed by atoms with Crippen LogP contribution in [0.4, 0.5) is 0 Å². The molecule has 0 N–H and O–H groups in total. The van der Waals surface area contributed by atoms with Crippen LogP contribution < -0.4 is 0 Å². The third-order valence-corrected chi connectivity index (χ3v) is 4.78. The predicted molar refractivity (Wildman–Crippen MR) is 103 cm³/mol. The normalized spacial score (nSPS) is 12.3. The maximum Gasteiger partial charge on any atom is -0.0162 e. The lowest BCUT2D eigenvalue weighted by Gasteiger charge is -2.17. The molecule has 1 atom stereocenters. The molecule has 0 heterocycles. The molecular formula is C23H32. The molecule has 0 bridgehead atoms. The molecule has 2 rings (SSSR count). The van der Waals surface area contributed by atoms with E-state index in [1.165, 1.54) is 68.1 Å². The van der Waals surface area contributed by atoms with Crippen molar-refractivity contribution < 1.29 is 0 Å². The summed E-state index contributed by atoms with van der Waals surface area (Å²) in [7, 11) is 0. The zero-order valence-corrected chi connectivity index (χ0v) is 14.9. The Balaban J connectivity index is 1.96. The molecule has 2 aromatic rings. The van der Waals surface area contributed by atoms with Gasteiger partial charge in [-0.1, -0.05) is 107 Å². The summed E-state index contributed by atoms with van der Waals surface area (Å²) in [5.41, 5.74) is 4.17. The van der Waals surface area contributed by atoms with E-state index >= 15 is 0 Å². The van der Waals surface area contributed by atoms with Crippen LogP contribution in [-0.4, -0.2) is 0 Å². The van der Waals surface area contributed by atoms with E-state index in [1.54, 1.807) is 0 Å². The molecule has 2 aromatic carbocycles. The molecule has 0 radical (unpaired) electrons. The summed E-state index contributed by atoms with van der Waals surface area (Å²) >= 11 is 0. The lowest BCUT2D eigenvalue weighted by molar-refractivity contribution is 0.516. The quantitative estimate of drug-likeness (QED) is 0.396. The van der Waals surface area contributed by atoms with Gasteiger partial charge in [0.2, 0.25) is 0 Å². The van der Waals surface area contributed by atoms with Gasteiger partial charge in [0.05, 0.1) is 0 Å². The van der Waals surface area contributed by atoms with Crippen LogP contribution in [0.2, 0.25) is 0 Å². The fraction of sp³-hybridized carbons (Fsp3) is 0.478. The molecular weight excluding hydrogens is 276 g/mol. The van der Waals surface area contributed by atoms with Gasteiger partial charge >= 0.3 is 0 Å².